The Morgan fingerprint density at radius 2 is 2.00 bits per heavy atom. The van der Waals surface area contributed by atoms with Crippen molar-refractivity contribution in [2.45, 2.75) is 33.6 Å². The van der Waals surface area contributed by atoms with Gasteiger partial charge in [0.05, 0.1) is 0 Å². The lowest BCUT2D eigenvalue weighted by Crippen LogP contribution is -2.04. The summed E-state index contributed by atoms with van der Waals surface area (Å²) in [5, 5.41) is 0. The molecule has 1 heteroatoms. The Kier molecular flexibility index (Phi) is 4.91. The van der Waals surface area contributed by atoms with Crippen molar-refractivity contribution in [2.24, 2.45) is 5.92 Å². The zero-order valence-corrected chi connectivity index (χ0v) is 7.05. The number of hydrogen-bond donors (Lipinski definition) is 0. The van der Waals surface area contributed by atoms with Crippen molar-refractivity contribution in [3.05, 3.63) is 12.2 Å². The minimum absolute atomic E-state index is 0.182. The van der Waals surface area contributed by atoms with Crippen molar-refractivity contribution >= 4 is 5.78 Å². The van der Waals surface area contributed by atoms with Crippen molar-refractivity contribution in [1.29, 1.82) is 0 Å². The first-order valence-electron chi connectivity index (χ1n) is 3.86. The van der Waals surface area contributed by atoms with Gasteiger partial charge in [0, 0.05) is 12.3 Å². The van der Waals surface area contributed by atoms with E-state index in [1.54, 1.807) is 0 Å². The van der Waals surface area contributed by atoms with E-state index in [1.807, 2.05) is 26.0 Å². The molecule has 0 saturated heterocycles. The van der Waals surface area contributed by atoms with Crippen LogP contribution in [0.15, 0.2) is 12.2 Å². The lowest BCUT2D eigenvalue weighted by molar-refractivity contribution is -0.121. The highest BCUT2D eigenvalue weighted by Crippen LogP contribution is 1.99. The fraction of sp³-hybridized carbons (Fsp3) is 0.667. The minimum Gasteiger partial charge on any atom is -0.299 e. The van der Waals surface area contributed by atoms with E-state index in [4.69, 9.17) is 0 Å². The van der Waals surface area contributed by atoms with Gasteiger partial charge < -0.3 is 0 Å². The molecule has 0 rings (SSSR count). The van der Waals surface area contributed by atoms with Gasteiger partial charge >= 0.3 is 0 Å². The van der Waals surface area contributed by atoms with Gasteiger partial charge in [0.2, 0.25) is 0 Å². The molecule has 10 heavy (non-hydrogen) atoms. The number of Topliss-reactive ketones (excluding diaryl/α,β-unsaturated/α-hetero) is 1. The van der Waals surface area contributed by atoms with Crippen LogP contribution in [-0.2, 0) is 4.79 Å². The SMILES string of the molecule is CC/C=C\CC(=O)C(C)C. The lowest BCUT2D eigenvalue weighted by atomic mass is 10.1. The Morgan fingerprint density at radius 3 is 2.40 bits per heavy atom. The maximum Gasteiger partial charge on any atom is 0.139 e. The molecule has 0 aromatic carbocycles. The Morgan fingerprint density at radius 1 is 1.40 bits per heavy atom. The summed E-state index contributed by atoms with van der Waals surface area (Å²) in [7, 11) is 0. The third kappa shape index (κ3) is 4.30. The highest BCUT2D eigenvalue weighted by atomic mass is 16.1. The average molecular weight is 140 g/mol. The maximum absolute atomic E-state index is 11.0. The largest absolute Gasteiger partial charge is 0.299 e. The fourth-order valence-corrected chi connectivity index (χ4v) is 0.602. The van der Waals surface area contributed by atoms with E-state index in [2.05, 4.69) is 6.92 Å². The van der Waals surface area contributed by atoms with E-state index in [0.29, 0.717) is 12.2 Å². The topological polar surface area (TPSA) is 17.1 Å². The summed E-state index contributed by atoms with van der Waals surface area (Å²) >= 11 is 0. The summed E-state index contributed by atoms with van der Waals surface area (Å²) in [5.74, 6) is 0.506. The van der Waals surface area contributed by atoms with E-state index in [-0.39, 0.29) is 5.92 Å². The van der Waals surface area contributed by atoms with Gasteiger partial charge in [-0.15, -0.1) is 0 Å². The number of carbonyl (C=O) groups is 1. The molecule has 0 bridgehead atoms. The van der Waals surface area contributed by atoms with E-state index < -0.39 is 0 Å². The zero-order valence-electron chi connectivity index (χ0n) is 7.05. The van der Waals surface area contributed by atoms with Crippen LogP contribution >= 0.6 is 0 Å². The van der Waals surface area contributed by atoms with Crippen molar-refractivity contribution in [2.75, 3.05) is 0 Å². The lowest BCUT2D eigenvalue weighted by Gasteiger charge is -1.97. The number of rotatable bonds is 4. The summed E-state index contributed by atoms with van der Waals surface area (Å²) in [6, 6.07) is 0. The second-order valence-electron chi connectivity index (χ2n) is 2.70. The Hall–Kier alpha value is -0.590. The van der Waals surface area contributed by atoms with Gasteiger partial charge in [0.15, 0.2) is 0 Å². The van der Waals surface area contributed by atoms with Gasteiger partial charge in [-0.25, -0.2) is 0 Å². The smallest absolute Gasteiger partial charge is 0.139 e. The van der Waals surface area contributed by atoms with Crippen molar-refractivity contribution < 1.29 is 4.79 Å². The Bertz CT molecular complexity index is 123. The third-order valence-corrected chi connectivity index (χ3v) is 1.37. The first-order valence-corrected chi connectivity index (χ1v) is 3.86. The Balaban J connectivity index is 3.49. The molecule has 1 nitrogen and oxygen atoms in total. The van der Waals surface area contributed by atoms with Crippen LogP contribution in [0.2, 0.25) is 0 Å². The van der Waals surface area contributed by atoms with Gasteiger partial charge in [-0.1, -0.05) is 32.9 Å². The summed E-state index contributed by atoms with van der Waals surface area (Å²) < 4.78 is 0. The first-order chi connectivity index (χ1) is 4.68. The zero-order chi connectivity index (χ0) is 7.98. The van der Waals surface area contributed by atoms with Crippen LogP contribution in [0.1, 0.15) is 33.6 Å². The third-order valence-electron chi connectivity index (χ3n) is 1.37. The quantitative estimate of drug-likeness (QED) is 0.548. The molecule has 0 atom stereocenters. The van der Waals surface area contributed by atoms with Crippen LogP contribution in [-0.4, -0.2) is 5.78 Å². The molecular weight excluding hydrogens is 124 g/mol. The van der Waals surface area contributed by atoms with Crippen LogP contribution in [0.25, 0.3) is 0 Å². The molecule has 0 fully saturated rings. The van der Waals surface area contributed by atoms with Crippen LogP contribution in [0, 0.1) is 5.92 Å². The number of ketones is 1. The number of allylic oxidation sites excluding steroid dienone is 2. The summed E-state index contributed by atoms with van der Waals surface area (Å²) in [4.78, 5) is 11.0. The normalized spacial score (nSPS) is 11.2. The number of carbonyl (C=O) groups excluding carboxylic acids is 1. The average Bonchev–Trinajstić information content (AvgIpc) is 1.88. The molecular formula is C9H16O. The van der Waals surface area contributed by atoms with Gasteiger partial charge in [-0.05, 0) is 6.42 Å². The first kappa shape index (κ1) is 9.41. The molecule has 0 aliphatic rings. The Labute approximate surface area is 63.1 Å². The minimum atomic E-state index is 0.182. The standard InChI is InChI=1S/C9H16O/c1-4-5-6-7-9(10)8(2)3/h5-6,8H,4,7H2,1-3H3/b6-5-. The van der Waals surface area contributed by atoms with Gasteiger partial charge in [-0.3, -0.25) is 4.79 Å². The molecule has 0 N–H and O–H groups in total. The van der Waals surface area contributed by atoms with Gasteiger partial charge in [-0.2, -0.15) is 0 Å². The fourth-order valence-electron chi connectivity index (χ4n) is 0.602. The molecule has 0 spiro atoms. The molecule has 0 saturated carbocycles. The molecule has 0 aliphatic heterocycles. The predicted octanol–water partition coefficient (Wildman–Crippen LogP) is 2.57. The second-order valence-corrected chi connectivity index (χ2v) is 2.70. The van der Waals surface area contributed by atoms with Crippen LogP contribution in [0.5, 0.6) is 0 Å². The molecule has 0 unspecified atom stereocenters. The van der Waals surface area contributed by atoms with Crippen molar-refractivity contribution in [3.63, 3.8) is 0 Å². The maximum atomic E-state index is 11.0. The van der Waals surface area contributed by atoms with E-state index >= 15 is 0 Å². The molecule has 0 amide bonds. The van der Waals surface area contributed by atoms with Crippen LogP contribution in [0.4, 0.5) is 0 Å². The van der Waals surface area contributed by atoms with E-state index in [9.17, 15) is 4.79 Å². The number of hydrogen-bond acceptors (Lipinski definition) is 1. The summed E-state index contributed by atoms with van der Waals surface area (Å²) in [6.45, 7) is 5.93. The second kappa shape index (κ2) is 5.21. The van der Waals surface area contributed by atoms with Crippen LogP contribution in [0.3, 0.4) is 0 Å². The summed E-state index contributed by atoms with van der Waals surface area (Å²) in [5.41, 5.74) is 0. The van der Waals surface area contributed by atoms with Gasteiger partial charge in [0.1, 0.15) is 5.78 Å². The highest BCUT2D eigenvalue weighted by Gasteiger charge is 2.02. The predicted molar refractivity (Wildman–Crippen MR) is 43.9 cm³/mol. The molecule has 0 aromatic heterocycles. The molecule has 0 heterocycles. The van der Waals surface area contributed by atoms with Crippen LogP contribution < -0.4 is 0 Å². The monoisotopic (exact) mass is 140 g/mol. The molecule has 0 radical (unpaired) electrons. The van der Waals surface area contributed by atoms with E-state index in [1.165, 1.54) is 0 Å². The molecule has 58 valence electrons. The van der Waals surface area contributed by atoms with Crippen molar-refractivity contribution in [1.82, 2.24) is 0 Å². The molecule has 0 aliphatic carbocycles. The molecule has 0 aromatic rings. The summed E-state index contributed by atoms with van der Waals surface area (Å²) in [6.07, 6.45) is 5.60. The van der Waals surface area contributed by atoms with E-state index in [0.717, 1.165) is 6.42 Å². The van der Waals surface area contributed by atoms with Crippen molar-refractivity contribution in [3.8, 4) is 0 Å². The highest BCUT2D eigenvalue weighted by molar-refractivity contribution is 5.81. The van der Waals surface area contributed by atoms with Gasteiger partial charge in [0.25, 0.3) is 0 Å².